The maximum atomic E-state index is 11.9. The van der Waals surface area contributed by atoms with Crippen molar-refractivity contribution in [1.82, 2.24) is 15.3 Å². The highest BCUT2D eigenvalue weighted by Crippen LogP contribution is 2.16. The van der Waals surface area contributed by atoms with Crippen molar-refractivity contribution < 1.29 is 9.59 Å². The molecule has 126 valence electrons. The van der Waals surface area contributed by atoms with Crippen molar-refractivity contribution in [1.29, 1.82) is 0 Å². The second kappa shape index (κ2) is 8.65. The van der Waals surface area contributed by atoms with Crippen LogP contribution < -0.4 is 16.2 Å². The van der Waals surface area contributed by atoms with E-state index in [1.54, 1.807) is 12.1 Å². The van der Waals surface area contributed by atoms with Crippen LogP contribution in [0.5, 0.6) is 0 Å². The number of amides is 2. The van der Waals surface area contributed by atoms with Crippen molar-refractivity contribution >= 4 is 45.2 Å². The summed E-state index contributed by atoms with van der Waals surface area (Å²) in [5, 5.41) is 5.51. The van der Waals surface area contributed by atoms with Crippen LogP contribution >= 0.6 is 27.7 Å². The molecule has 0 bridgehead atoms. The second-order valence-electron chi connectivity index (χ2n) is 4.74. The minimum absolute atomic E-state index is 0.0130. The first kappa shape index (κ1) is 18.2. The summed E-state index contributed by atoms with van der Waals surface area (Å²) >= 11 is 4.42. The molecule has 0 aliphatic heterocycles. The molecular formula is C15H15BrN4O3S. The molecule has 1 aromatic heterocycles. The minimum atomic E-state index is -0.361. The molecule has 9 heteroatoms. The molecule has 0 saturated heterocycles. The van der Waals surface area contributed by atoms with Gasteiger partial charge in [0.05, 0.1) is 17.9 Å². The van der Waals surface area contributed by atoms with E-state index in [4.69, 9.17) is 0 Å². The number of likely N-dealkylation sites (N-methyl/N-ethyl adjacent to an activating group) is 1. The molecule has 0 saturated carbocycles. The number of hydrogen-bond acceptors (Lipinski definition) is 5. The fourth-order valence-corrected chi connectivity index (χ4v) is 2.72. The van der Waals surface area contributed by atoms with E-state index >= 15 is 0 Å². The Hall–Kier alpha value is -2.13. The molecule has 2 amide bonds. The van der Waals surface area contributed by atoms with E-state index in [-0.39, 0.29) is 29.5 Å². The number of nitrogens with zero attached hydrogens (tertiary/aromatic N) is 1. The van der Waals surface area contributed by atoms with Crippen LogP contribution in [0.1, 0.15) is 5.69 Å². The van der Waals surface area contributed by atoms with Crippen LogP contribution in [-0.2, 0) is 16.0 Å². The number of carbonyl (C=O) groups is 2. The summed E-state index contributed by atoms with van der Waals surface area (Å²) in [5.74, 6) is -0.374. The van der Waals surface area contributed by atoms with Crippen molar-refractivity contribution in [2.75, 3.05) is 18.1 Å². The molecule has 1 aromatic carbocycles. The highest BCUT2D eigenvalue weighted by atomic mass is 79.9. The van der Waals surface area contributed by atoms with E-state index in [1.165, 1.54) is 13.1 Å². The van der Waals surface area contributed by atoms with Gasteiger partial charge < -0.3 is 15.6 Å². The maximum absolute atomic E-state index is 11.9. The molecular weight excluding hydrogens is 396 g/mol. The van der Waals surface area contributed by atoms with Crippen molar-refractivity contribution in [3.05, 3.63) is 50.9 Å². The summed E-state index contributed by atoms with van der Waals surface area (Å²) in [5.41, 5.74) is 0.673. The molecule has 7 nitrogen and oxygen atoms in total. The van der Waals surface area contributed by atoms with E-state index in [2.05, 4.69) is 36.5 Å². The minimum Gasteiger partial charge on any atom is -0.359 e. The molecule has 0 radical (unpaired) electrons. The van der Waals surface area contributed by atoms with E-state index in [0.29, 0.717) is 16.5 Å². The van der Waals surface area contributed by atoms with Gasteiger partial charge in [0.1, 0.15) is 0 Å². The molecule has 0 aliphatic carbocycles. The van der Waals surface area contributed by atoms with E-state index in [0.717, 1.165) is 16.2 Å². The number of benzene rings is 1. The molecule has 3 N–H and O–H groups in total. The van der Waals surface area contributed by atoms with Gasteiger partial charge in [-0.2, -0.15) is 0 Å². The average molecular weight is 411 g/mol. The van der Waals surface area contributed by atoms with Gasteiger partial charge in [0.15, 0.2) is 5.16 Å². The van der Waals surface area contributed by atoms with Gasteiger partial charge in [0.25, 0.3) is 5.56 Å². The van der Waals surface area contributed by atoms with Gasteiger partial charge >= 0.3 is 0 Å². The van der Waals surface area contributed by atoms with Crippen LogP contribution in [-0.4, -0.2) is 34.6 Å². The van der Waals surface area contributed by atoms with Crippen LogP contribution in [0, 0.1) is 0 Å². The molecule has 2 rings (SSSR count). The first-order valence-corrected chi connectivity index (χ1v) is 8.73. The standard InChI is InChI=1S/C15H15BrN4O3S/c1-17-12(21)6-11-7-13(22)20-15(19-11)24-8-14(23)18-10-4-2-9(16)3-5-10/h2-5,7H,6,8H2,1H3,(H,17,21)(H,18,23)(H,19,20,22). The summed E-state index contributed by atoms with van der Waals surface area (Å²) in [6.45, 7) is 0. The van der Waals surface area contributed by atoms with Crippen LogP contribution in [0.15, 0.2) is 44.8 Å². The Morgan fingerprint density at radius 3 is 2.62 bits per heavy atom. The van der Waals surface area contributed by atoms with Gasteiger partial charge in [-0.1, -0.05) is 27.7 Å². The highest BCUT2D eigenvalue weighted by Gasteiger charge is 2.09. The third-order valence-electron chi connectivity index (χ3n) is 2.86. The average Bonchev–Trinajstić information content (AvgIpc) is 2.54. The Balaban J connectivity index is 1.95. The third-order valence-corrected chi connectivity index (χ3v) is 4.26. The van der Waals surface area contributed by atoms with E-state index in [1.807, 2.05) is 12.1 Å². The summed E-state index contributed by atoms with van der Waals surface area (Å²) < 4.78 is 0.921. The van der Waals surface area contributed by atoms with Crippen LogP contribution in [0.3, 0.4) is 0 Å². The first-order chi connectivity index (χ1) is 11.5. The number of thioether (sulfide) groups is 1. The second-order valence-corrected chi connectivity index (χ2v) is 6.62. The van der Waals surface area contributed by atoms with Crippen molar-refractivity contribution in [2.45, 2.75) is 11.6 Å². The van der Waals surface area contributed by atoms with Gasteiger partial charge in [-0.3, -0.25) is 14.4 Å². The van der Waals surface area contributed by atoms with Crippen LogP contribution in [0.4, 0.5) is 5.69 Å². The molecule has 0 spiro atoms. The zero-order valence-electron chi connectivity index (χ0n) is 12.8. The number of anilines is 1. The highest BCUT2D eigenvalue weighted by molar-refractivity contribution is 9.10. The van der Waals surface area contributed by atoms with Gasteiger partial charge in [-0.15, -0.1) is 0 Å². The normalized spacial score (nSPS) is 10.2. The van der Waals surface area contributed by atoms with Gasteiger partial charge in [0.2, 0.25) is 11.8 Å². The topological polar surface area (TPSA) is 104 Å². The van der Waals surface area contributed by atoms with Crippen molar-refractivity contribution in [3.8, 4) is 0 Å². The lowest BCUT2D eigenvalue weighted by atomic mass is 10.3. The lowest BCUT2D eigenvalue weighted by molar-refractivity contribution is -0.120. The number of aromatic amines is 1. The molecule has 0 atom stereocenters. The fourth-order valence-electron chi connectivity index (χ4n) is 1.76. The first-order valence-electron chi connectivity index (χ1n) is 6.95. The Bertz CT molecular complexity index is 792. The Morgan fingerprint density at radius 1 is 1.25 bits per heavy atom. The smallest absolute Gasteiger partial charge is 0.251 e. The zero-order chi connectivity index (χ0) is 17.5. The number of aromatic nitrogens is 2. The van der Waals surface area contributed by atoms with Gasteiger partial charge in [0, 0.05) is 23.3 Å². The Kier molecular flexibility index (Phi) is 6.56. The van der Waals surface area contributed by atoms with Gasteiger partial charge in [-0.05, 0) is 24.3 Å². The predicted molar refractivity (Wildman–Crippen MR) is 96.1 cm³/mol. The summed E-state index contributed by atoms with van der Waals surface area (Å²) in [6, 6.07) is 8.46. The summed E-state index contributed by atoms with van der Waals surface area (Å²) in [7, 11) is 1.51. The number of rotatable bonds is 6. The quantitative estimate of drug-likeness (QED) is 0.494. The lowest BCUT2D eigenvalue weighted by Gasteiger charge is -2.06. The zero-order valence-corrected chi connectivity index (χ0v) is 15.2. The van der Waals surface area contributed by atoms with E-state index < -0.39 is 0 Å². The molecule has 2 aromatic rings. The molecule has 24 heavy (non-hydrogen) atoms. The largest absolute Gasteiger partial charge is 0.359 e. The number of nitrogens with one attached hydrogen (secondary N) is 3. The molecule has 0 fully saturated rings. The SMILES string of the molecule is CNC(=O)Cc1cc(=O)[nH]c(SCC(=O)Nc2ccc(Br)cc2)n1. The number of carbonyl (C=O) groups excluding carboxylic acids is 2. The third kappa shape index (κ3) is 5.82. The number of H-pyrrole nitrogens is 1. The number of hydrogen-bond donors (Lipinski definition) is 3. The monoisotopic (exact) mass is 410 g/mol. The molecule has 0 unspecified atom stereocenters. The van der Waals surface area contributed by atoms with Crippen molar-refractivity contribution in [3.63, 3.8) is 0 Å². The maximum Gasteiger partial charge on any atom is 0.251 e. The summed E-state index contributed by atoms with van der Waals surface area (Å²) in [4.78, 5) is 41.6. The Labute approximate surface area is 150 Å². The van der Waals surface area contributed by atoms with Crippen LogP contribution in [0.2, 0.25) is 0 Å². The van der Waals surface area contributed by atoms with Gasteiger partial charge in [-0.25, -0.2) is 4.98 Å². The van der Waals surface area contributed by atoms with Crippen LogP contribution in [0.25, 0.3) is 0 Å². The predicted octanol–water partition coefficient (Wildman–Crippen LogP) is 1.55. The Morgan fingerprint density at radius 2 is 1.96 bits per heavy atom. The van der Waals surface area contributed by atoms with E-state index in [9.17, 15) is 14.4 Å². The lowest BCUT2D eigenvalue weighted by Crippen LogP contribution is -2.22. The molecule has 0 aliphatic rings. The molecule has 1 heterocycles. The fraction of sp³-hybridized carbons (Fsp3) is 0.200. The number of halogens is 1. The summed E-state index contributed by atoms with van der Waals surface area (Å²) in [6.07, 6.45) is 0.0130. The van der Waals surface area contributed by atoms with Crippen molar-refractivity contribution in [2.24, 2.45) is 0 Å².